The van der Waals surface area contributed by atoms with Crippen LogP contribution in [0.2, 0.25) is 5.02 Å². The first-order chi connectivity index (χ1) is 10.7. The lowest BCUT2D eigenvalue weighted by molar-refractivity contribution is 0.154. The van der Waals surface area contributed by atoms with Crippen LogP contribution >= 0.6 is 11.6 Å². The van der Waals surface area contributed by atoms with E-state index in [1.54, 1.807) is 0 Å². The molecule has 0 amide bonds. The zero-order valence-electron chi connectivity index (χ0n) is 13.2. The highest BCUT2D eigenvalue weighted by molar-refractivity contribution is 6.30. The minimum atomic E-state index is 0.375. The first-order valence-corrected chi connectivity index (χ1v) is 8.44. The van der Waals surface area contributed by atoms with Crippen LogP contribution in [0.1, 0.15) is 50.0 Å². The highest BCUT2D eigenvalue weighted by Crippen LogP contribution is 2.31. The molecule has 2 atom stereocenters. The molecule has 22 heavy (non-hydrogen) atoms. The fourth-order valence-electron chi connectivity index (χ4n) is 3.37. The van der Waals surface area contributed by atoms with Crippen LogP contribution in [0, 0.1) is 0 Å². The van der Waals surface area contributed by atoms with Gasteiger partial charge >= 0.3 is 0 Å². The fourth-order valence-corrected chi connectivity index (χ4v) is 3.57. The molecule has 1 saturated heterocycles. The summed E-state index contributed by atoms with van der Waals surface area (Å²) < 4.78 is 2.16. The molecule has 0 spiro atoms. The van der Waals surface area contributed by atoms with Gasteiger partial charge in [0.1, 0.15) is 12.2 Å². The summed E-state index contributed by atoms with van der Waals surface area (Å²) in [6.45, 7) is 7.50. The first-order valence-electron chi connectivity index (χ1n) is 8.06. The molecule has 0 bridgehead atoms. The van der Waals surface area contributed by atoms with Gasteiger partial charge in [0.05, 0.1) is 0 Å². The van der Waals surface area contributed by atoms with Gasteiger partial charge in [-0.2, -0.15) is 0 Å². The maximum Gasteiger partial charge on any atom is 0.137 e. The number of aromatic nitrogens is 3. The van der Waals surface area contributed by atoms with Crippen molar-refractivity contribution in [1.82, 2.24) is 19.7 Å². The fraction of sp³-hybridized carbons (Fsp3) is 0.529. The van der Waals surface area contributed by atoms with E-state index in [0.29, 0.717) is 12.0 Å². The van der Waals surface area contributed by atoms with Gasteiger partial charge in [0.15, 0.2) is 0 Å². The van der Waals surface area contributed by atoms with Crippen LogP contribution < -0.4 is 0 Å². The number of hydrogen-bond acceptors (Lipinski definition) is 3. The van der Waals surface area contributed by atoms with E-state index < -0.39 is 0 Å². The second kappa shape index (κ2) is 6.80. The highest BCUT2D eigenvalue weighted by Gasteiger charge is 2.28. The summed E-state index contributed by atoms with van der Waals surface area (Å²) in [5, 5.41) is 9.25. The van der Waals surface area contributed by atoms with Crippen molar-refractivity contribution < 1.29 is 0 Å². The Hall–Kier alpha value is -1.39. The van der Waals surface area contributed by atoms with Crippen molar-refractivity contribution in [2.45, 2.75) is 45.2 Å². The van der Waals surface area contributed by atoms with Gasteiger partial charge in [-0.1, -0.05) is 23.7 Å². The van der Waals surface area contributed by atoms with Gasteiger partial charge < -0.3 is 4.57 Å². The monoisotopic (exact) mass is 318 g/mol. The number of aryl methyl sites for hydroxylation is 1. The molecular weight excluding hydrogens is 296 g/mol. The number of benzene rings is 1. The maximum atomic E-state index is 6.14. The van der Waals surface area contributed by atoms with E-state index in [9.17, 15) is 0 Å². The van der Waals surface area contributed by atoms with Crippen LogP contribution in [0.3, 0.4) is 0 Å². The predicted octanol–water partition coefficient (Wildman–Crippen LogP) is 3.89. The van der Waals surface area contributed by atoms with E-state index in [4.69, 9.17) is 11.6 Å². The lowest BCUT2D eigenvalue weighted by atomic mass is 9.94. The molecule has 0 radical (unpaired) electrons. The summed E-state index contributed by atoms with van der Waals surface area (Å²) in [5.74, 6) is 1.60. The summed E-state index contributed by atoms with van der Waals surface area (Å²) >= 11 is 6.14. The van der Waals surface area contributed by atoms with E-state index in [1.807, 2.05) is 18.5 Å². The van der Waals surface area contributed by atoms with Gasteiger partial charge in [-0.3, -0.25) is 4.90 Å². The van der Waals surface area contributed by atoms with E-state index >= 15 is 0 Å². The van der Waals surface area contributed by atoms with E-state index in [1.165, 1.54) is 18.4 Å². The molecule has 5 heteroatoms. The number of likely N-dealkylation sites (tertiary alicyclic amines) is 1. The summed E-state index contributed by atoms with van der Waals surface area (Å²) in [7, 11) is 0. The Morgan fingerprint density at radius 1 is 1.41 bits per heavy atom. The van der Waals surface area contributed by atoms with Crippen molar-refractivity contribution in [3.05, 3.63) is 47.0 Å². The van der Waals surface area contributed by atoms with Gasteiger partial charge in [0.25, 0.3) is 0 Å². The Morgan fingerprint density at radius 3 is 3.05 bits per heavy atom. The minimum Gasteiger partial charge on any atom is -0.318 e. The standard InChI is InChI=1S/C17H23ClN4/c1-3-21-12-19-20-17(21)15-7-5-9-22(11-15)13(2)14-6-4-8-16(18)10-14/h4,6,8,10,12-13,15H,3,5,7,9,11H2,1-2H3/t13-,15+/m0/s1. The van der Waals surface area contributed by atoms with Crippen LogP contribution in [0.15, 0.2) is 30.6 Å². The van der Waals surface area contributed by atoms with Crippen molar-refractivity contribution in [2.75, 3.05) is 13.1 Å². The molecule has 118 valence electrons. The Kier molecular flexibility index (Phi) is 4.79. The quantitative estimate of drug-likeness (QED) is 0.857. The van der Waals surface area contributed by atoms with Gasteiger partial charge in [-0.15, -0.1) is 10.2 Å². The third-order valence-electron chi connectivity index (χ3n) is 4.68. The van der Waals surface area contributed by atoms with Crippen molar-refractivity contribution in [2.24, 2.45) is 0 Å². The van der Waals surface area contributed by atoms with E-state index in [2.05, 4.69) is 45.6 Å². The molecule has 1 aromatic carbocycles. The lowest BCUT2D eigenvalue weighted by Crippen LogP contribution is -2.37. The predicted molar refractivity (Wildman–Crippen MR) is 89.1 cm³/mol. The number of hydrogen-bond donors (Lipinski definition) is 0. The zero-order chi connectivity index (χ0) is 15.5. The molecule has 0 saturated carbocycles. The second-order valence-electron chi connectivity index (χ2n) is 6.04. The van der Waals surface area contributed by atoms with E-state index in [0.717, 1.165) is 30.5 Å². The molecule has 0 unspecified atom stereocenters. The van der Waals surface area contributed by atoms with Gasteiger partial charge in [-0.05, 0) is 50.9 Å². The molecular formula is C17H23ClN4. The Bertz CT molecular complexity index is 625. The number of rotatable bonds is 4. The van der Waals surface area contributed by atoms with Crippen molar-refractivity contribution >= 4 is 11.6 Å². The van der Waals surface area contributed by atoms with Crippen LogP contribution in [0.4, 0.5) is 0 Å². The Labute approximate surface area is 137 Å². The van der Waals surface area contributed by atoms with Gasteiger partial charge in [0.2, 0.25) is 0 Å². The van der Waals surface area contributed by atoms with Crippen molar-refractivity contribution in [3.63, 3.8) is 0 Å². The van der Waals surface area contributed by atoms with Crippen molar-refractivity contribution in [3.8, 4) is 0 Å². The summed E-state index contributed by atoms with van der Waals surface area (Å²) in [6.07, 6.45) is 4.23. The van der Waals surface area contributed by atoms with Gasteiger partial charge in [-0.25, -0.2) is 0 Å². The SMILES string of the molecule is CCn1cnnc1[C@@H]1CCCN([C@@H](C)c2cccc(Cl)c2)C1. The molecule has 1 aromatic heterocycles. The van der Waals surface area contributed by atoms with Crippen LogP contribution in [0.25, 0.3) is 0 Å². The Morgan fingerprint density at radius 2 is 2.27 bits per heavy atom. The topological polar surface area (TPSA) is 34.0 Å². The highest BCUT2D eigenvalue weighted by atomic mass is 35.5. The molecule has 1 fully saturated rings. The largest absolute Gasteiger partial charge is 0.318 e. The number of nitrogens with zero attached hydrogens (tertiary/aromatic N) is 4. The van der Waals surface area contributed by atoms with Crippen LogP contribution in [0.5, 0.6) is 0 Å². The molecule has 2 aromatic rings. The van der Waals surface area contributed by atoms with E-state index in [-0.39, 0.29) is 0 Å². The summed E-state index contributed by atoms with van der Waals surface area (Å²) in [4.78, 5) is 2.54. The molecule has 1 aliphatic rings. The molecule has 4 nitrogen and oxygen atoms in total. The second-order valence-corrected chi connectivity index (χ2v) is 6.48. The smallest absolute Gasteiger partial charge is 0.137 e. The summed E-state index contributed by atoms with van der Waals surface area (Å²) in [6, 6.07) is 8.57. The summed E-state index contributed by atoms with van der Waals surface area (Å²) in [5.41, 5.74) is 1.28. The number of piperidine rings is 1. The maximum absolute atomic E-state index is 6.14. The molecule has 2 heterocycles. The lowest BCUT2D eigenvalue weighted by Gasteiger charge is -2.36. The van der Waals surface area contributed by atoms with Gasteiger partial charge in [0, 0.05) is 30.1 Å². The number of halogens is 1. The zero-order valence-corrected chi connectivity index (χ0v) is 14.0. The van der Waals surface area contributed by atoms with Crippen molar-refractivity contribution in [1.29, 1.82) is 0 Å². The van der Waals surface area contributed by atoms with Crippen LogP contribution in [-0.2, 0) is 6.54 Å². The normalized spacial score (nSPS) is 21.0. The van der Waals surface area contributed by atoms with Crippen LogP contribution in [-0.4, -0.2) is 32.8 Å². The Balaban J connectivity index is 1.75. The third-order valence-corrected chi connectivity index (χ3v) is 4.92. The molecule has 0 aliphatic carbocycles. The molecule has 3 rings (SSSR count). The minimum absolute atomic E-state index is 0.375. The molecule has 1 aliphatic heterocycles. The first kappa shape index (κ1) is 15.5. The average molecular weight is 319 g/mol. The third kappa shape index (κ3) is 3.18. The molecule has 0 N–H and O–H groups in total. The average Bonchev–Trinajstić information content (AvgIpc) is 3.03.